The van der Waals surface area contributed by atoms with Gasteiger partial charge in [0, 0.05) is 36.7 Å². The Kier molecular flexibility index (Phi) is 8.23. The van der Waals surface area contributed by atoms with Crippen LogP contribution in [0.15, 0.2) is 24.3 Å². The van der Waals surface area contributed by atoms with Crippen molar-refractivity contribution in [2.45, 2.75) is 89.8 Å². The summed E-state index contributed by atoms with van der Waals surface area (Å²) in [5.74, 6) is -0.212. The van der Waals surface area contributed by atoms with E-state index in [1.54, 1.807) is 0 Å². The van der Waals surface area contributed by atoms with Gasteiger partial charge >= 0.3 is 0 Å². The summed E-state index contributed by atoms with van der Waals surface area (Å²) in [6, 6.07) is 8.52. The fourth-order valence-electron chi connectivity index (χ4n) is 5.25. The number of halogens is 1. The first-order valence-electron chi connectivity index (χ1n) is 11.8. The van der Waals surface area contributed by atoms with E-state index in [0.717, 1.165) is 43.9 Å². The predicted molar refractivity (Wildman–Crippen MR) is 124 cm³/mol. The molecule has 0 spiro atoms. The molecule has 2 fully saturated rings. The number of rotatable bonds is 7. The van der Waals surface area contributed by atoms with Gasteiger partial charge in [0.2, 0.25) is 5.91 Å². The highest BCUT2D eigenvalue weighted by atomic mass is 35.5. The van der Waals surface area contributed by atoms with Gasteiger partial charge in [-0.2, -0.15) is 0 Å². The molecule has 1 saturated carbocycles. The number of benzene rings is 1. The summed E-state index contributed by atoms with van der Waals surface area (Å²) in [5.41, 5.74) is 0.267. The van der Waals surface area contributed by atoms with Crippen molar-refractivity contribution < 1.29 is 9.90 Å². The molecule has 1 aromatic carbocycles. The molecular weight excluding hydrogens is 396 g/mol. The van der Waals surface area contributed by atoms with Gasteiger partial charge < -0.3 is 14.9 Å². The van der Waals surface area contributed by atoms with E-state index < -0.39 is 5.60 Å². The lowest BCUT2D eigenvalue weighted by molar-refractivity contribution is -0.153. The summed E-state index contributed by atoms with van der Waals surface area (Å²) >= 11 is 6.28. The van der Waals surface area contributed by atoms with Crippen molar-refractivity contribution in [2.75, 3.05) is 19.6 Å². The van der Waals surface area contributed by atoms with Crippen molar-refractivity contribution in [3.8, 4) is 0 Å². The SMILES string of the molecule is CC(C)N(C(=O)C(C)C1(O)CCN(CCc2ccccc2Cl)CC1)C1CCCCC1. The van der Waals surface area contributed by atoms with E-state index in [0.29, 0.717) is 18.9 Å². The minimum absolute atomic E-state index is 0.143. The molecule has 0 aromatic heterocycles. The van der Waals surface area contributed by atoms with Gasteiger partial charge in [0.15, 0.2) is 0 Å². The number of amides is 1. The molecule has 1 atom stereocenters. The van der Waals surface area contributed by atoms with Gasteiger partial charge in [-0.15, -0.1) is 0 Å². The predicted octanol–water partition coefficient (Wildman–Crippen LogP) is 4.92. The topological polar surface area (TPSA) is 43.8 Å². The maximum atomic E-state index is 13.5. The van der Waals surface area contributed by atoms with E-state index in [2.05, 4.69) is 29.7 Å². The molecule has 1 unspecified atom stereocenters. The first-order valence-corrected chi connectivity index (χ1v) is 12.2. The Morgan fingerprint density at radius 1 is 1.17 bits per heavy atom. The van der Waals surface area contributed by atoms with E-state index in [-0.39, 0.29) is 17.9 Å². The van der Waals surface area contributed by atoms with Crippen molar-refractivity contribution in [3.63, 3.8) is 0 Å². The number of carbonyl (C=O) groups is 1. The second kappa shape index (κ2) is 10.5. The van der Waals surface area contributed by atoms with Gasteiger partial charge in [-0.1, -0.05) is 56.0 Å². The van der Waals surface area contributed by atoms with E-state index >= 15 is 0 Å². The molecule has 168 valence electrons. The third-order valence-corrected chi connectivity index (χ3v) is 7.70. The molecule has 3 rings (SSSR count). The van der Waals surface area contributed by atoms with Crippen molar-refractivity contribution in [3.05, 3.63) is 34.9 Å². The molecule has 0 bridgehead atoms. The van der Waals surface area contributed by atoms with Gasteiger partial charge in [0.25, 0.3) is 0 Å². The quantitative estimate of drug-likeness (QED) is 0.662. The largest absolute Gasteiger partial charge is 0.389 e. The minimum Gasteiger partial charge on any atom is -0.389 e. The van der Waals surface area contributed by atoms with Crippen molar-refractivity contribution in [2.24, 2.45) is 5.92 Å². The molecule has 5 heteroatoms. The molecule has 4 nitrogen and oxygen atoms in total. The lowest BCUT2D eigenvalue weighted by Crippen LogP contribution is -2.56. The zero-order valence-corrected chi connectivity index (χ0v) is 19.7. The second-order valence-electron chi connectivity index (χ2n) is 9.64. The monoisotopic (exact) mass is 434 g/mol. The van der Waals surface area contributed by atoms with E-state index in [1.807, 2.05) is 25.1 Å². The third-order valence-electron chi connectivity index (χ3n) is 7.33. The Morgan fingerprint density at radius 3 is 2.40 bits per heavy atom. The van der Waals surface area contributed by atoms with Crippen molar-refractivity contribution in [1.82, 2.24) is 9.80 Å². The average molecular weight is 435 g/mol. The smallest absolute Gasteiger partial charge is 0.228 e. The highest BCUT2D eigenvalue weighted by Crippen LogP contribution is 2.34. The lowest BCUT2D eigenvalue weighted by Gasteiger charge is -2.45. The minimum atomic E-state index is -0.903. The second-order valence-corrected chi connectivity index (χ2v) is 10.0. The number of carbonyl (C=O) groups excluding carboxylic acids is 1. The Bertz CT molecular complexity index is 694. The molecule has 2 aliphatic rings. The Hall–Kier alpha value is -1.10. The standard InChI is InChI=1S/C25H39ClN2O2/c1-19(2)28(22-10-5-4-6-11-22)24(29)20(3)25(30)14-17-27(18-15-25)16-13-21-9-7-8-12-23(21)26/h7-9,12,19-20,22,30H,4-6,10-11,13-18H2,1-3H3. The summed E-state index contributed by atoms with van der Waals surface area (Å²) in [6.45, 7) is 8.75. The van der Waals surface area contributed by atoms with Gasteiger partial charge in [-0.3, -0.25) is 4.79 Å². The molecule has 1 heterocycles. The van der Waals surface area contributed by atoms with Crippen LogP contribution in [0.5, 0.6) is 0 Å². The molecule has 1 aromatic rings. The fraction of sp³-hybridized carbons (Fsp3) is 0.720. The highest BCUT2D eigenvalue weighted by Gasteiger charge is 2.43. The number of piperidine rings is 1. The van der Waals surface area contributed by atoms with E-state index in [4.69, 9.17) is 11.6 Å². The van der Waals surface area contributed by atoms with Crippen LogP contribution in [0.2, 0.25) is 5.02 Å². The summed E-state index contributed by atoms with van der Waals surface area (Å²) in [6.07, 6.45) is 8.11. The zero-order valence-electron chi connectivity index (χ0n) is 18.9. The number of aliphatic hydroxyl groups is 1. The van der Waals surface area contributed by atoms with E-state index in [1.165, 1.54) is 24.8 Å². The molecule has 1 N–H and O–H groups in total. The molecular formula is C25H39ClN2O2. The van der Waals surface area contributed by atoms with Crippen LogP contribution in [-0.4, -0.2) is 58.1 Å². The molecule has 30 heavy (non-hydrogen) atoms. The molecule has 1 aliphatic carbocycles. The van der Waals surface area contributed by atoms with Crippen molar-refractivity contribution >= 4 is 17.5 Å². The summed E-state index contributed by atoms with van der Waals surface area (Å²) in [7, 11) is 0. The fourth-order valence-corrected chi connectivity index (χ4v) is 5.48. The Labute approximate surface area is 187 Å². The number of hydrogen-bond donors (Lipinski definition) is 1. The molecule has 0 radical (unpaired) electrons. The van der Waals surface area contributed by atoms with Gasteiger partial charge in [-0.25, -0.2) is 0 Å². The zero-order chi connectivity index (χ0) is 21.7. The number of nitrogens with zero attached hydrogens (tertiary/aromatic N) is 2. The van der Waals surface area contributed by atoms with Crippen LogP contribution in [0.1, 0.15) is 71.3 Å². The Balaban J connectivity index is 1.56. The summed E-state index contributed by atoms with van der Waals surface area (Å²) in [4.78, 5) is 17.9. The first kappa shape index (κ1) is 23.6. The number of likely N-dealkylation sites (tertiary alicyclic amines) is 1. The van der Waals surface area contributed by atoms with Gasteiger partial charge in [0.1, 0.15) is 0 Å². The van der Waals surface area contributed by atoms with Crippen LogP contribution in [0.4, 0.5) is 0 Å². The van der Waals surface area contributed by atoms with Crippen LogP contribution in [0.25, 0.3) is 0 Å². The van der Waals surface area contributed by atoms with Crippen LogP contribution in [0.3, 0.4) is 0 Å². The Morgan fingerprint density at radius 2 is 1.80 bits per heavy atom. The normalized spacial score (nSPS) is 21.5. The average Bonchev–Trinajstić information content (AvgIpc) is 2.74. The first-order chi connectivity index (χ1) is 14.3. The van der Waals surface area contributed by atoms with Crippen LogP contribution < -0.4 is 0 Å². The highest BCUT2D eigenvalue weighted by molar-refractivity contribution is 6.31. The van der Waals surface area contributed by atoms with Gasteiger partial charge in [0.05, 0.1) is 11.5 Å². The van der Waals surface area contributed by atoms with E-state index in [9.17, 15) is 9.90 Å². The summed E-state index contributed by atoms with van der Waals surface area (Å²) in [5, 5.41) is 12.2. The number of hydrogen-bond acceptors (Lipinski definition) is 3. The van der Waals surface area contributed by atoms with Crippen LogP contribution in [0, 0.1) is 5.92 Å². The summed E-state index contributed by atoms with van der Waals surface area (Å²) < 4.78 is 0. The van der Waals surface area contributed by atoms with Crippen molar-refractivity contribution in [1.29, 1.82) is 0 Å². The third kappa shape index (κ3) is 5.57. The maximum absolute atomic E-state index is 13.5. The van der Waals surface area contributed by atoms with Crippen LogP contribution in [-0.2, 0) is 11.2 Å². The molecule has 1 amide bonds. The molecule has 1 aliphatic heterocycles. The lowest BCUT2D eigenvalue weighted by atomic mass is 9.79. The van der Waals surface area contributed by atoms with Gasteiger partial charge in [-0.05, 0) is 57.6 Å². The molecule has 1 saturated heterocycles. The van der Waals surface area contributed by atoms with Crippen LogP contribution >= 0.6 is 11.6 Å². The maximum Gasteiger partial charge on any atom is 0.228 e.